The van der Waals surface area contributed by atoms with E-state index in [0.29, 0.717) is 41.4 Å². The van der Waals surface area contributed by atoms with Gasteiger partial charge < -0.3 is 19.3 Å². The van der Waals surface area contributed by atoms with Gasteiger partial charge in [0.2, 0.25) is 0 Å². The molecule has 0 amide bonds. The number of aryl methyl sites for hydroxylation is 3. The number of aliphatic hydroxyl groups is 1. The van der Waals surface area contributed by atoms with Gasteiger partial charge in [0, 0.05) is 35.3 Å². The fourth-order valence-corrected chi connectivity index (χ4v) is 5.03. The zero-order chi connectivity index (χ0) is 32.0. The summed E-state index contributed by atoms with van der Waals surface area (Å²) in [5, 5.41) is 9.50. The van der Waals surface area contributed by atoms with Gasteiger partial charge in [-0.15, -0.1) is 0 Å². The van der Waals surface area contributed by atoms with Crippen LogP contribution in [0.15, 0.2) is 97.1 Å². The van der Waals surface area contributed by atoms with E-state index >= 15 is 0 Å². The van der Waals surface area contributed by atoms with Crippen LogP contribution >= 0.6 is 0 Å². The summed E-state index contributed by atoms with van der Waals surface area (Å²) in [6.07, 6.45) is 0.461. The number of hydrogen-bond acceptors (Lipinski definition) is 6. The number of benzene rings is 4. The van der Waals surface area contributed by atoms with Crippen molar-refractivity contribution in [3.05, 3.63) is 114 Å². The Labute approximate surface area is 259 Å². The number of esters is 2. The highest BCUT2D eigenvalue weighted by Crippen LogP contribution is 2.44. The normalized spacial score (nSPS) is 10.7. The Kier molecular flexibility index (Phi) is 10.2. The Balaban J connectivity index is 1.92. The number of carbonyl (C=O) groups excluding carboxylic acids is 2. The van der Waals surface area contributed by atoms with E-state index in [2.05, 4.69) is 58.2 Å². The summed E-state index contributed by atoms with van der Waals surface area (Å²) in [7, 11) is 0. The fourth-order valence-electron chi connectivity index (χ4n) is 5.03. The molecule has 0 atom stereocenters. The first-order valence-electron chi connectivity index (χ1n) is 14.4. The van der Waals surface area contributed by atoms with Crippen LogP contribution in [0.1, 0.15) is 37.0 Å². The van der Waals surface area contributed by atoms with Gasteiger partial charge >= 0.3 is 11.9 Å². The predicted octanol–water partition coefficient (Wildman–Crippen LogP) is 8.34. The van der Waals surface area contributed by atoms with E-state index in [1.807, 2.05) is 24.3 Å². The lowest BCUT2D eigenvalue weighted by Crippen LogP contribution is -2.08. The van der Waals surface area contributed by atoms with E-state index in [0.717, 1.165) is 44.5 Å². The Morgan fingerprint density at radius 2 is 1.11 bits per heavy atom. The quantitative estimate of drug-likeness (QED) is 0.0818. The lowest BCUT2D eigenvalue weighted by molar-refractivity contribution is -0.130. The highest BCUT2D eigenvalue weighted by molar-refractivity contribution is 5.91. The highest BCUT2D eigenvalue weighted by Gasteiger charge is 2.19. The van der Waals surface area contributed by atoms with Crippen molar-refractivity contribution < 1.29 is 28.9 Å². The molecule has 4 aromatic carbocycles. The van der Waals surface area contributed by atoms with Crippen LogP contribution in [0.4, 0.5) is 0 Å². The number of carbonyl (C=O) groups is 2. The van der Waals surface area contributed by atoms with Crippen molar-refractivity contribution in [3.63, 3.8) is 0 Å². The first-order valence-corrected chi connectivity index (χ1v) is 14.4. The minimum absolute atomic E-state index is 0.00389. The molecule has 1 N–H and O–H groups in total. The van der Waals surface area contributed by atoms with E-state index in [-0.39, 0.29) is 6.61 Å². The van der Waals surface area contributed by atoms with Gasteiger partial charge in [0.1, 0.15) is 17.2 Å². The van der Waals surface area contributed by atoms with Gasteiger partial charge in [-0.05, 0) is 104 Å². The van der Waals surface area contributed by atoms with Crippen LogP contribution in [0.3, 0.4) is 0 Å². The molecule has 0 saturated heterocycles. The number of ether oxygens (including phenoxy) is 3. The molecule has 0 aliphatic rings. The van der Waals surface area contributed by atoms with Crippen LogP contribution in [0.25, 0.3) is 33.4 Å². The number of aliphatic hydroxyl groups excluding tert-OH is 1. The largest absolute Gasteiger partial charge is 0.492 e. The van der Waals surface area contributed by atoms with Crippen molar-refractivity contribution in [1.82, 2.24) is 0 Å². The van der Waals surface area contributed by atoms with Crippen LogP contribution in [0.5, 0.6) is 17.2 Å². The van der Waals surface area contributed by atoms with Gasteiger partial charge in [0.15, 0.2) is 0 Å². The topological polar surface area (TPSA) is 82.1 Å². The Hall–Kier alpha value is -4.94. The lowest BCUT2D eigenvalue weighted by Gasteiger charge is -2.21. The molecule has 6 heteroatoms. The van der Waals surface area contributed by atoms with Crippen molar-refractivity contribution in [2.75, 3.05) is 13.2 Å². The molecule has 0 aromatic heterocycles. The van der Waals surface area contributed by atoms with Crippen LogP contribution in [0, 0.1) is 20.8 Å². The van der Waals surface area contributed by atoms with E-state index in [1.165, 1.54) is 5.56 Å². The summed E-state index contributed by atoms with van der Waals surface area (Å²) in [6, 6.07) is 23.1. The molecule has 44 heavy (non-hydrogen) atoms. The average Bonchev–Trinajstić information content (AvgIpc) is 2.97. The molecule has 226 valence electrons. The van der Waals surface area contributed by atoms with E-state index in [4.69, 9.17) is 14.2 Å². The Morgan fingerprint density at radius 1 is 0.682 bits per heavy atom. The predicted molar refractivity (Wildman–Crippen MR) is 175 cm³/mol. The number of hydrogen-bond donors (Lipinski definition) is 1. The summed E-state index contributed by atoms with van der Waals surface area (Å²) in [4.78, 5) is 24.2. The summed E-state index contributed by atoms with van der Waals surface area (Å²) >= 11 is 0. The third-order valence-electron chi connectivity index (χ3n) is 7.05. The van der Waals surface area contributed by atoms with Crippen molar-refractivity contribution in [2.24, 2.45) is 0 Å². The molecule has 0 spiro atoms. The zero-order valence-electron chi connectivity index (χ0n) is 26.0. The van der Waals surface area contributed by atoms with Crippen molar-refractivity contribution in [3.8, 4) is 50.6 Å². The van der Waals surface area contributed by atoms with Crippen molar-refractivity contribution in [1.29, 1.82) is 0 Å². The van der Waals surface area contributed by atoms with Gasteiger partial charge in [-0.2, -0.15) is 0 Å². The maximum absolute atomic E-state index is 12.1. The monoisotopic (exact) mass is 590 g/mol. The molecule has 0 heterocycles. The summed E-state index contributed by atoms with van der Waals surface area (Å²) in [6.45, 7) is 17.1. The van der Waals surface area contributed by atoms with E-state index < -0.39 is 11.9 Å². The van der Waals surface area contributed by atoms with Gasteiger partial charge in [0.05, 0.1) is 6.61 Å². The summed E-state index contributed by atoms with van der Waals surface area (Å²) < 4.78 is 17.2. The van der Waals surface area contributed by atoms with Crippen molar-refractivity contribution in [2.45, 2.75) is 41.0 Å². The summed E-state index contributed by atoms with van der Waals surface area (Å²) in [5.41, 5.74) is 9.64. The average molecular weight is 591 g/mol. The second-order valence-corrected chi connectivity index (χ2v) is 11.0. The highest BCUT2D eigenvalue weighted by atomic mass is 16.5. The van der Waals surface area contributed by atoms with E-state index in [1.54, 1.807) is 38.1 Å². The number of rotatable bonds is 11. The molecule has 0 saturated carbocycles. The van der Waals surface area contributed by atoms with Gasteiger partial charge in [0.25, 0.3) is 0 Å². The fraction of sp³-hybridized carbons (Fsp3) is 0.211. The Morgan fingerprint density at radius 3 is 1.50 bits per heavy atom. The first kappa shape index (κ1) is 32.0. The molecule has 0 bridgehead atoms. The molecule has 0 aliphatic carbocycles. The molecule has 0 radical (unpaired) electrons. The van der Waals surface area contributed by atoms with Crippen LogP contribution in [0.2, 0.25) is 0 Å². The Bertz CT molecular complexity index is 1600. The first-order chi connectivity index (χ1) is 21.0. The maximum Gasteiger partial charge on any atom is 0.338 e. The van der Waals surface area contributed by atoms with Gasteiger partial charge in [-0.1, -0.05) is 55.1 Å². The standard InChI is InChI=1S/C38H38O6/c1-23(2)37(40)43-31-13-9-28(10-14-31)33-21-30(35-26(6)19-25(5)20-27(35)7)22-34(36(33)42-18-8-17-39)29-11-15-32(16-12-29)44-38(41)24(3)4/h9-16,19-22,39H,1,3,8,17-18H2,2,4-7H3. The SMILES string of the molecule is C=C(C)C(=O)Oc1ccc(-c2cc(-c3c(C)cc(C)cc3C)cc(-c3ccc(OC(=O)C(=C)C)cc3)c2OCCCO)cc1. The molecule has 4 aromatic rings. The molecule has 4 rings (SSSR count). The third kappa shape index (κ3) is 7.52. The van der Waals surface area contributed by atoms with E-state index in [9.17, 15) is 14.7 Å². The third-order valence-corrected chi connectivity index (χ3v) is 7.05. The molecule has 0 fully saturated rings. The minimum atomic E-state index is -0.488. The zero-order valence-corrected chi connectivity index (χ0v) is 26.0. The molecular weight excluding hydrogens is 552 g/mol. The smallest absolute Gasteiger partial charge is 0.338 e. The molecular formula is C38H38O6. The maximum atomic E-state index is 12.1. The molecule has 0 unspecified atom stereocenters. The van der Waals surface area contributed by atoms with Crippen molar-refractivity contribution >= 4 is 11.9 Å². The van der Waals surface area contributed by atoms with Crippen LogP contribution in [-0.2, 0) is 9.59 Å². The van der Waals surface area contributed by atoms with Crippen LogP contribution < -0.4 is 14.2 Å². The van der Waals surface area contributed by atoms with Gasteiger partial charge in [-0.25, -0.2) is 9.59 Å². The second-order valence-electron chi connectivity index (χ2n) is 11.0. The second kappa shape index (κ2) is 14.0. The minimum Gasteiger partial charge on any atom is -0.492 e. The van der Waals surface area contributed by atoms with Gasteiger partial charge in [-0.3, -0.25) is 0 Å². The molecule has 0 aliphatic heterocycles. The molecule has 6 nitrogen and oxygen atoms in total. The van der Waals surface area contributed by atoms with Crippen LogP contribution in [-0.4, -0.2) is 30.3 Å². The summed E-state index contributed by atoms with van der Waals surface area (Å²) in [5.74, 6) is 0.482. The lowest BCUT2D eigenvalue weighted by atomic mass is 9.88.